The predicted octanol–water partition coefficient (Wildman–Crippen LogP) is 1.39. The van der Waals surface area contributed by atoms with Crippen LogP contribution in [-0.4, -0.2) is 22.8 Å². The van der Waals surface area contributed by atoms with E-state index in [2.05, 4.69) is 16.9 Å². The lowest BCUT2D eigenvalue weighted by Gasteiger charge is -2.13. The Bertz CT molecular complexity index is 667. The third kappa shape index (κ3) is 3.00. The van der Waals surface area contributed by atoms with Gasteiger partial charge in [0.05, 0.1) is 5.52 Å². The Morgan fingerprint density at radius 1 is 1.30 bits per heavy atom. The van der Waals surface area contributed by atoms with Crippen molar-refractivity contribution in [2.75, 3.05) is 0 Å². The minimum atomic E-state index is -0.770. The van der Waals surface area contributed by atoms with Gasteiger partial charge < -0.3 is 11.1 Å². The lowest BCUT2D eigenvalue weighted by Crippen LogP contribution is -2.44. The van der Waals surface area contributed by atoms with E-state index in [9.17, 15) is 9.59 Å². The molecule has 5 nitrogen and oxygen atoms in total. The van der Waals surface area contributed by atoms with Crippen LogP contribution in [0.25, 0.3) is 10.9 Å². The van der Waals surface area contributed by atoms with E-state index in [1.54, 1.807) is 6.07 Å². The summed E-state index contributed by atoms with van der Waals surface area (Å²) in [6.07, 6.45) is 1.82. The van der Waals surface area contributed by atoms with E-state index >= 15 is 0 Å². The summed E-state index contributed by atoms with van der Waals surface area (Å²) in [6, 6.07) is 10.1. The van der Waals surface area contributed by atoms with Crippen molar-refractivity contribution >= 4 is 22.7 Å². The van der Waals surface area contributed by atoms with Gasteiger partial charge in [-0.05, 0) is 18.6 Å². The van der Waals surface area contributed by atoms with E-state index in [0.717, 1.165) is 10.9 Å². The summed E-state index contributed by atoms with van der Waals surface area (Å²) in [6.45, 7) is 3.53. The maximum Gasteiger partial charge on any atom is 0.270 e. The van der Waals surface area contributed by atoms with Crippen molar-refractivity contribution in [2.24, 2.45) is 5.73 Å². The number of nitrogens with two attached hydrogens (primary N) is 1. The van der Waals surface area contributed by atoms with Crippen molar-refractivity contribution < 1.29 is 9.59 Å². The molecular weight excluding hydrogens is 254 g/mol. The van der Waals surface area contributed by atoms with Crippen LogP contribution in [0.3, 0.4) is 0 Å². The lowest BCUT2D eigenvalue weighted by atomic mass is 10.1. The van der Waals surface area contributed by atoms with Crippen LogP contribution in [0, 0.1) is 0 Å². The van der Waals surface area contributed by atoms with Gasteiger partial charge in [-0.25, -0.2) is 4.98 Å². The fourth-order valence-electron chi connectivity index (χ4n) is 1.84. The van der Waals surface area contributed by atoms with Gasteiger partial charge in [0.1, 0.15) is 11.7 Å². The molecule has 1 aromatic carbocycles. The van der Waals surface area contributed by atoms with Crippen molar-refractivity contribution in [3.63, 3.8) is 0 Å². The first kappa shape index (κ1) is 13.7. The molecule has 0 radical (unpaired) electrons. The molecule has 0 aliphatic rings. The first-order chi connectivity index (χ1) is 9.61. The molecule has 1 heterocycles. The van der Waals surface area contributed by atoms with Gasteiger partial charge in [0.25, 0.3) is 5.91 Å². The molecule has 2 rings (SSSR count). The number of benzene rings is 1. The van der Waals surface area contributed by atoms with Crippen LogP contribution in [0.2, 0.25) is 0 Å². The molecule has 1 atom stereocenters. The molecule has 0 saturated carbocycles. The number of fused-ring (bicyclic) bond motifs is 1. The maximum atomic E-state index is 12.1. The average Bonchev–Trinajstić information content (AvgIpc) is 2.46. The Morgan fingerprint density at radius 3 is 2.75 bits per heavy atom. The van der Waals surface area contributed by atoms with Gasteiger partial charge in [-0.15, -0.1) is 6.58 Å². The van der Waals surface area contributed by atoms with E-state index in [0.29, 0.717) is 0 Å². The largest absolute Gasteiger partial charge is 0.368 e. The molecule has 0 saturated heterocycles. The lowest BCUT2D eigenvalue weighted by molar-refractivity contribution is -0.119. The summed E-state index contributed by atoms with van der Waals surface area (Å²) >= 11 is 0. The van der Waals surface area contributed by atoms with E-state index in [-0.39, 0.29) is 12.1 Å². The number of carbonyl (C=O) groups excluding carboxylic acids is 2. The van der Waals surface area contributed by atoms with E-state index in [1.165, 1.54) is 6.08 Å². The number of primary amides is 1. The normalized spacial score (nSPS) is 11.8. The van der Waals surface area contributed by atoms with E-state index < -0.39 is 17.9 Å². The predicted molar refractivity (Wildman–Crippen MR) is 77.0 cm³/mol. The number of hydrogen-bond donors (Lipinski definition) is 2. The van der Waals surface area contributed by atoms with Gasteiger partial charge in [0.2, 0.25) is 5.91 Å². The van der Waals surface area contributed by atoms with Crippen molar-refractivity contribution in [2.45, 2.75) is 12.5 Å². The molecule has 0 aliphatic heterocycles. The smallest absolute Gasteiger partial charge is 0.270 e. The second-order valence-electron chi connectivity index (χ2n) is 4.34. The summed E-state index contributed by atoms with van der Waals surface area (Å²) in [7, 11) is 0. The number of pyridine rings is 1. The number of carbonyl (C=O) groups is 2. The molecule has 0 spiro atoms. The summed E-state index contributed by atoms with van der Waals surface area (Å²) in [5.74, 6) is -1.03. The summed E-state index contributed by atoms with van der Waals surface area (Å²) < 4.78 is 0. The van der Waals surface area contributed by atoms with Gasteiger partial charge in [-0.2, -0.15) is 0 Å². The van der Waals surface area contributed by atoms with Crippen molar-refractivity contribution in [1.82, 2.24) is 10.3 Å². The summed E-state index contributed by atoms with van der Waals surface area (Å²) in [4.78, 5) is 27.5. The van der Waals surface area contributed by atoms with Crippen LogP contribution in [0.4, 0.5) is 0 Å². The topological polar surface area (TPSA) is 85.1 Å². The van der Waals surface area contributed by atoms with Gasteiger partial charge in [-0.3, -0.25) is 9.59 Å². The Labute approximate surface area is 116 Å². The minimum Gasteiger partial charge on any atom is -0.368 e. The molecule has 3 N–H and O–H groups in total. The second kappa shape index (κ2) is 5.97. The number of rotatable bonds is 5. The zero-order valence-corrected chi connectivity index (χ0v) is 10.9. The SMILES string of the molecule is C=CC[C@H](NC(=O)c1ccc2ccccc2n1)C(N)=O. The zero-order valence-electron chi connectivity index (χ0n) is 10.9. The number of hydrogen-bond acceptors (Lipinski definition) is 3. The molecule has 0 unspecified atom stereocenters. The number of para-hydroxylation sites is 1. The van der Waals surface area contributed by atoms with Crippen molar-refractivity contribution in [3.05, 3.63) is 54.7 Å². The van der Waals surface area contributed by atoms with Crippen LogP contribution >= 0.6 is 0 Å². The molecular formula is C15H15N3O2. The molecule has 0 bridgehead atoms. The number of nitrogens with zero attached hydrogens (tertiary/aromatic N) is 1. The number of aromatic nitrogens is 1. The highest BCUT2D eigenvalue weighted by Crippen LogP contribution is 2.11. The maximum absolute atomic E-state index is 12.1. The van der Waals surface area contributed by atoms with Gasteiger partial charge >= 0.3 is 0 Å². The molecule has 2 aromatic rings. The monoisotopic (exact) mass is 269 g/mol. The number of nitrogens with one attached hydrogen (secondary N) is 1. The highest BCUT2D eigenvalue weighted by Gasteiger charge is 2.18. The Morgan fingerprint density at radius 2 is 2.05 bits per heavy atom. The quantitative estimate of drug-likeness (QED) is 0.804. The van der Waals surface area contributed by atoms with Crippen molar-refractivity contribution in [1.29, 1.82) is 0 Å². The third-order valence-corrected chi connectivity index (χ3v) is 2.88. The highest BCUT2D eigenvalue weighted by atomic mass is 16.2. The van der Waals surface area contributed by atoms with Crippen LogP contribution in [-0.2, 0) is 4.79 Å². The first-order valence-electron chi connectivity index (χ1n) is 6.18. The third-order valence-electron chi connectivity index (χ3n) is 2.88. The molecule has 2 amide bonds. The molecule has 0 aliphatic carbocycles. The van der Waals surface area contributed by atoms with Crippen LogP contribution in [0.1, 0.15) is 16.9 Å². The Kier molecular flexibility index (Phi) is 4.10. The second-order valence-corrected chi connectivity index (χ2v) is 4.34. The van der Waals surface area contributed by atoms with Gasteiger partial charge in [0.15, 0.2) is 0 Å². The first-order valence-corrected chi connectivity index (χ1v) is 6.18. The Balaban J connectivity index is 2.22. The van der Waals surface area contributed by atoms with Gasteiger partial charge in [0, 0.05) is 5.39 Å². The standard InChI is InChI=1S/C15H15N3O2/c1-2-5-12(14(16)19)18-15(20)13-9-8-10-6-3-4-7-11(10)17-13/h2-4,6-9,12H,1,5H2,(H2,16,19)(H,18,20)/t12-/m0/s1. The molecule has 0 fully saturated rings. The molecule has 20 heavy (non-hydrogen) atoms. The fraction of sp³-hybridized carbons (Fsp3) is 0.133. The van der Waals surface area contributed by atoms with Crippen LogP contribution in [0.15, 0.2) is 49.1 Å². The number of amides is 2. The zero-order chi connectivity index (χ0) is 14.5. The van der Waals surface area contributed by atoms with E-state index in [1.807, 2.05) is 30.3 Å². The molecule has 5 heteroatoms. The summed E-state index contributed by atoms with van der Waals surface area (Å²) in [5, 5.41) is 3.50. The molecule has 102 valence electrons. The summed E-state index contributed by atoms with van der Waals surface area (Å²) in [5.41, 5.74) is 6.19. The van der Waals surface area contributed by atoms with Crippen molar-refractivity contribution in [3.8, 4) is 0 Å². The van der Waals surface area contributed by atoms with Crippen LogP contribution < -0.4 is 11.1 Å². The van der Waals surface area contributed by atoms with E-state index in [4.69, 9.17) is 5.73 Å². The average molecular weight is 269 g/mol. The Hall–Kier alpha value is -2.69. The minimum absolute atomic E-state index is 0.249. The highest BCUT2D eigenvalue weighted by molar-refractivity contribution is 5.97. The van der Waals surface area contributed by atoms with Gasteiger partial charge in [-0.1, -0.05) is 30.3 Å². The fourth-order valence-corrected chi connectivity index (χ4v) is 1.84. The van der Waals surface area contributed by atoms with Crippen LogP contribution in [0.5, 0.6) is 0 Å². The molecule has 1 aromatic heterocycles.